The van der Waals surface area contributed by atoms with Gasteiger partial charge >= 0.3 is 0 Å². The minimum Gasteiger partial charge on any atom is -0.333 e. The van der Waals surface area contributed by atoms with E-state index in [1.807, 2.05) is 24.3 Å². The summed E-state index contributed by atoms with van der Waals surface area (Å²) >= 11 is 1.91. The number of rotatable bonds is 4. The lowest BCUT2D eigenvalue weighted by molar-refractivity contribution is 0.416. The van der Waals surface area contributed by atoms with Gasteiger partial charge in [0.15, 0.2) is 0 Å². The Morgan fingerprint density at radius 2 is 2.33 bits per heavy atom. The van der Waals surface area contributed by atoms with Crippen molar-refractivity contribution in [3.63, 3.8) is 0 Å². The Labute approximate surface area is 95.7 Å². The molecule has 0 bridgehead atoms. The summed E-state index contributed by atoms with van der Waals surface area (Å²) in [6.07, 6.45) is 6.15. The molecule has 2 heterocycles. The molecule has 1 aliphatic heterocycles. The molecule has 0 aliphatic carbocycles. The maximum atomic E-state index is 4.27. The summed E-state index contributed by atoms with van der Waals surface area (Å²) < 4.78 is 2.59. The molecule has 1 saturated heterocycles. The van der Waals surface area contributed by atoms with Crippen molar-refractivity contribution >= 4 is 11.8 Å². The zero-order valence-corrected chi connectivity index (χ0v) is 10.5. The molecule has 1 N–H and O–H groups in total. The SMILES string of the molecule is CSC(C)(C)Cn1cncc1C1CNC1. The zero-order valence-electron chi connectivity index (χ0n) is 9.66. The molecule has 1 aromatic rings. The normalized spacial score (nSPS) is 17.8. The molecular weight excluding hydrogens is 206 g/mol. The smallest absolute Gasteiger partial charge is 0.0948 e. The second-order valence-corrected chi connectivity index (χ2v) is 6.28. The van der Waals surface area contributed by atoms with E-state index in [4.69, 9.17) is 0 Å². The highest BCUT2D eigenvalue weighted by Crippen LogP contribution is 2.26. The monoisotopic (exact) mass is 225 g/mol. The van der Waals surface area contributed by atoms with Gasteiger partial charge < -0.3 is 9.88 Å². The molecule has 0 spiro atoms. The third-order valence-electron chi connectivity index (χ3n) is 3.05. The van der Waals surface area contributed by atoms with E-state index < -0.39 is 0 Å². The van der Waals surface area contributed by atoms with Gasteiger partial charge in [-0.1, -0.05) is 0 Å². The van der Waals surface area contributed by atoms with Crippen LogP contribution in [-0.2, 0) is 6.54 Å². The molecule has 84 valence electrons. The standard InChI is InChI=1S/C11H19N3S/c1-11(2,15-3)7-14-8-13-6-10(14)9-4-12-5-9/h6,8-9,12H,4-5,7H2,1-3H3. The van der Waals surface area contributed by atoms with Crippen LogP contribution in [0.15, 0.2) is 12.5 Å². The van der Waals surface area contributed by atoms with Crippen molar-refractivity contribution in [3.05, 3.63) is 18.2 Å². The highest BCUT2D eigenvalue weighted by molar-refractivity contribution is 7.99. The predicted molar refractivity (Wildman–Crippen MR) is 65.4 cm³/mol. The maximum Gasteiger partial charge on any atom is 0.0948 e. The highest BCUT2D eigenvalue weighted by atomic mass is 32.2. The summed E-state index contributed by atoms with van der Waals surface area (Å²) in [5.74, 6) is 0.671. The molecule has 2 rings (SSSR count). The molecule has 0 radical (unpaired) electrons. The second-order valence-electron chi connectivity index (χ2n) is 4.77. The van der Waals surface area contributed by atoms with Crippen LogP contribution in [0.3, 0.4) is 0 Å². The lowest BCUT2D eigenvalue weighted by atomic mass is 9.99. The fraction of sp³-hybridized carbons (Fsp3) is 0.727. The van der Waals surface area contributed by atoms with Crippen LogP contribution >= 0.6 is 11.8 Å². The Kier molecular flexibility index (Phi) is 3.07. The summed E-state index contributed by atoms with van der Waals surface area (Å²) in [5, 5.41) is 3.31. The van der Waals surface area contributed by atoms with Crippen molar-refractivity contribution in [2.45, 2.75) is 31.1 Å². The van der Waals surface area contributed by atoms with Crippen LogP contribution in [0.1, 0.15) is 25.5 Å². The molecule has 0 aromatic carbocycles. The van der Waals surface area contributed by atoms with Gasteiger partial charge in [-0.25, -0.2) is 4.98 Å². The van der Waals surface area contributed by atoms with Gasteiger partial charge in [0.05, 0.1) is 6.33 Å². The van der Waals surface area contributed by atoms with E-state index >= 15 is 0 Å². The van der Waals surface area contributed by atoms with Gasteiger partial charge in [0.1, 0.15) is 0 Å². The van der Waals surface area contributed by atoms with Crippen molar-refractivity contribution in [1.82, 2.24) is 14.9 Å². The summed E-state index contributed by atoms with van der Waals surface area (Å²) in [4.78, 5) is 4.27. The second kappa shape index (κ2) is 4.18. The molecule has 4 heteroatoms. The van der Waals surface area contributed by atoms with E-state index in [0.29, 0.717) is 5.92 Å². The van der Waals surface area contributed by atoms with Crippen LogP contribution < -0.4 is 5.32 Å². The molecule has 1 aliphatic rings. The number of imidazole rings is 1. The Hall–Kier alpha value is -0.480. The average molecular weight is 225 g/mol. The third kappa shape index (κ3) is 2.37. The van der Waals surface area contributed by atoms with E-state index in [2.05, 4.69) is 35.0 Å². The minimum atomic E-state index is 0.284. The first kappa shape index (κ1) is 11.0. The minimum absolute atomic E-state index is 0.284. The largest absolute Gasteiger partial charge is 0.333 e. The van der Waals surface area contributed by atoms with Crippen molar-refractivity contribution in [2.75, 3.05) is 19.3 Å². The van der Waals surface area contributed by atoms with Crippen molar-refractivity contribution in [3.8, 4) is 0 Å². The number of hydrogen-bond acceptors (Lipinski definition) is 3. The van der Waals surface area contributed by atoms with Gasteiger partial charge in [-0.3, -0.25) is 0 Å². The predicted octanol–water partition coefficient (Wildman–Crippen LogP) is 1.71. The van der Waals surface area contributed by atoms with Crippen molar-refractivity contribution in [2.24, 2.45) is 0 Å². The van der Waals surface area contributed by atoms with Crippen molar-refractivity contribution < 1.29 is 0 Å². The Balaban J connectivity index is 2.10. The van der Waals surface area contributed by atoms with Gasteiger partial charge in [-0.15, -0.1) is 0 Å². The van der Waals surface area contributed by atoms with Gasteiger partial charge in [-0.05, 0) is 20.1 Å². The molecule has 0 saturated carbocycles. The number of aromatic nitrogens is 2. The molecule has 15 heavy (non-hydrogen) atoms. The molecule has 0 amide bonds. The Morgan fingerprint density at radius 3 is 2.87 bits per heavy atom. The first-order valence-corrected chi connectivity index (χ1v) is 6.61. The first-order chi connectivity index (χ1) is 7.12. The summed E-state index contributed by atoms with van der Waals surface area (Å²) in [6.45, 7) is 7.80. The van der Waals surface area contributed by atoms with E-state index in [-0.39, 0.29) is 4.75 Å². The fourth-order valence-corrected chi connectivity index (χ4v) is 2.04. The molecule has 3 nitrogen and oxygen atoms in total. The van der Waals surface area contributed by atoms with Crippen LogP contribution in [0, 0.1) is 0 Å². The summed E-state index contributed by atoms with van der Waals surface area (Å²) in [5.41, 5.74) is 1.39. The van der Waals surface area contributed by atoms with Crippen LogP contribution in [0.4, 0.5) is 0 Å². The average Bonchev–Trinajstić information content (AvgIpc) is 2.50. The zero-order chi connectivity index (χ0) is 10.9. The Bertz CT molecular complexity index is 328. The van der Waals surface area contributed by atoms with Crippen LogP contribution in [0.25, 0.3) is 0 Å². The van der Waals surface area contributed by atoms with Gasteiger partial charge in [0, 0.05) is 42.2 Å². The first-order valence-electron chi connectivity index (χ1n) is 5.38. The molecular formula is C11H19N3S. The Morgan fingerprint density at radius 1 is 1.60 bits per heavy atom. The highest BCUT2D eigenvalue weighted by Gasteiger charge is 2.25. The topological polar surface area (TPSA) is 29.9 Å². The number of thioether (sulfide) groups is 1. The maximum absolute atomic E-state index is 4.27. The van der Waals surface area contributed by atoms with Gasteiger partial charge in [-0.2, -0.15) is 11.8 Å². The lowest BCUT2D eigenvalue weighted by Crippen LogP contribution is -2.41. The lowest BCUT2D eigenvalue weighted by Gasteiger charge is -2.30. The van der Waals surface area contributed by atoms with Crippen molar-refractivity contribution in [1.29, 1.82) is 0 Å². The van der Waals surface area contributed by atoms with Crippen LogP contribution in [0.2, 0.25) is 0 Å². The fourth-order valence-electron chi connectivity index (χ4n) is 1.78. The van der Waals surface area contributed by atoms with E-state index in [1.165, 1.54) is 5.69 Å². The van der Waals surface area contributed by atoms with E-state index in [0.717, 1.165) is 19.6 Å². The summed E-state index contributed by atoms with van der Waals surface area (Å²) in [6, 6.07) is 0. The number of hydrogen-bond donors (Lipinski definition) is 1. The van der Waals surface area contributed by atoms with Crippen LogP contribution in [0.5, 0.6) is 0 Å². The molecule has 1 fully saturated rings. The van der Waals surface area contributed by atoms with E-state index in [1.54, 1.807) is 0 Å². The van der Waals surface area contributed by atoms with Gasteiger partial charge in [0.25, 0.3) is 0 Å². The molecule has 1 aromatic heterocycles. The third-order valence-corrected chi connectivity index (χ3v) is 4.28. The van der Waals surface area contributed by atoms with Gasteiger partial charge in [0.2, 0.25) is 0 Å². The van der Waals surface area contributed by atoms with E-state index in [9.17, 15) is 0 Å². The quantitative estimate of drug-likeness (QED) is 0.846. The van der Waals surface area contributed by atoms with Crippen LogP contribution in [-0.4, -0.2) is 33.6 Å². The number of nitrogens with zero attached hydrogens (tertiary/aromatic N) is 2. The molecule has 0 atom stereocenters. The summed E-state index contributed by atoms with van der Waals surface area (Å²) in [7, 11) is 0. The molecule has 0 unspecified atom stereocenters. The number of nitrogens with one attached hydrogen (secondary N) is 1.